The molecule has 70 valence electrons. The first-order valence-electron chi connectivity index (χ1n) is 3.96. The first kappa shape index (κ1) is 9.22. The van der Waals surface area contributed by atoms with Gasteiger partial charge in [0.1, 0.15) is 5.84 Å². The standard InChI is InChI=1S/C7H13F2N3/c8-7(9)3-1-2-5(4-7)6(10)12-11/h5H,1-4,11H2,(H2,10,12). The minimum Gasteiger partial charge on any atom is -0.385 e. The first-order chi connectivity index (χ1) is 5.55. The van der Waals surface area contributed by atoms with E-state index in [0.29, 0.717) is 12.8 Å². The normalized spacial score (nSPS) is 30.2. The van der Waals surface area contributed by atoms with E-state index in [0.717, 1.165) is 0 Å². The van der Waals surface area contributed by atoms with Crippen LogP contribution in [0.4, 0.5) is 8.78 Å². The third-order valence-corrected chi connectivity index (χ3v) is 2.21. The highest BCUT2D eigenvalue weighted by molar-refractivity contribution is 5.82. The van der Waals surface area contributed by atoms with E-state index in [-0.39, 0.29) is 24.6 Å². The summed E-state index contributed by atoms with van der Waals surface area (Å²) >= 11 is 0. The van der Waals surface area contributed by atoms with E-state index in [1.807, 2.05) is 0 Å². The van der Waals surface area contributed by atoms with Gasteiger partial charge in [-0.3, -0.25) is 0 Å². The Kier molecular flexibility index (Phi) is 2.49. The molecular weight excluding hydrogens is 164 g/mol. The number of alkyl halides is 2. The molecule has 3 nitrogen and oxygen atoms in total. The second-order valence-corrected chi connectivity index (χ2v) is 3.20. The molecule has 1 unspecified atom stereocenters. The number of halogens is 2. The Hall–Kier alpha value is -0.870. The van der Waals surface area contributed by atoms with Crippen LogP contribution in [0.15, 0.2) is 5.10 Å². The van der Waals surface area contributed by atoms with Crippen molar-refractivity contribution >= 4 is 5.84 Å². The van der Waals surface area contributed by atoms with Gasteiger partial charge in [0, 0.05) is 18.8 Å². The number of amidine groups is 1. The lowest BCUT2D eigenvalue weighted by atomic mass is 9.86. The summed E-state index contributed by atoms with van der Waals surface area (Å²) in [5.74, 6) is 2.14. The minimum atomic E-state index is -2.59. The summed E-state index contributed by atoms with van der Waals surface area (Å²) in [6.45, 7) is 0. The van der Waals surface area contributed by atoms with Gasteiger partial charge in [-0.1, -0.05) is 0 Å². The number of hydrogen-bond acceptors (Lipinski definition) is 2. The molecule has 4 N–H and O–H groups in total. The Morgan fingerprint density at radius 3 is 2.67 bits per heavy atom. The van der Waals surface area contributed by atoms with E-state index in [9.17, 15) is 8.78 Å². The van der Waals surface area contributed by atoms with Crippen molar-refractivity contribution in [1.82, 2.24) is 0 Å². The van der Waals surface area contributed by atoms with Crippen LogP contribution < -0.4 is 11.6 Å². The highest BCUT2D eigenvalue weighted by Gasteiger charge is 2.37. The molecule has 0 heterocycles. The van der Waals surface area contributed by atoms with Gasteiger partial charge in [-0.05, 0) is 12.8 Å². The maximum absolute atomic E-state index is 12.8. The molecule has 0 aromatic carbocycles. The SMILES string of the molecule is N/N=C(\N)C1CCCC(F)(F)C1. The molecule has 1 atom stereocenters. The zero-order chi connectivity index (χ0) is 9.19. The molecule has 0 aliphatic heterocycles. The van der Waals surface area contributed by atoms with E-state index in [1.165, 1.54) is 0 Å². The fourth-order valence-corrected chi connectivity index (χ4v) is 1.53. The van der Waals surface area contributed by atoms with Crippen LogP contribution in [-0.4, -0.2) is 11.8 Å². The third kappa shape index (κ3) is 2.06. The van der Waals surface area contributed by atoms with Gasteiger partial charge in [-0.25, -0.2) is 8.78 Å². The Labute approximate surface area is 69.8 Å². The quantitative estimate of drug-likeness (QED) is 0.272. The average molecular weight is 177 g/mol. The van der Waals surface area contributed by atoms with Gasteiger partial charge in [0.2, 0.25) is 5.92 Å². The summed E-state index contributed by atoms with van der Waals surface area (Å²) in [4.78, 5) is 0. The van der Waals surface area contributed by atoms with Crippen LogP contribution in [0.25, 0.3) is 0 Å². The van der Waals surface area contributed by atoms with Crippen molar-refractivity contribution in [2.24, 2.45) is 22.6 Å². The third-order valence-electron chi connectivity index (χ3n) is 2.21. The monoisotopic (exact) mass is 177 g/mol. The lowest BCUT2D eigenvalue weighted by Gasteiger charge is -2.27. The van der Waals surface area contributed by atoms with Crippen molar-refractivity contribution in [2.45, 2.75) is 31.6 Å². The van der Waals surface area contributed by atoms with Crippen LogP contribution in [0, 0.1) is 5.92 Å². The fourth-order valence-electron chi connectivity index (χ4n) is 1.53. The Bertz CT molecular complexity index is 191. The molecule has 1 fully saturated rings. The summed E-state index contributed by atoms with van der Waals surface area (Å²) < 4.78 is 25.6. The molecule has 0 radical (unpaired) electrons. The molecule has 1 rings (SSSR count). The van der Waals surface area contributed by atoms with Crippen LogP contribution in [0.2, 0.25) is 0 Å². The largest absolute Gasteiger partial charge is 0.385 e. The molecule has 0 spiro atoms. The minimum absolute atomic E-state index is 0.0403. The van der Waals surface area contributed by atoms with Crippen LogP contribution in [0.3, 0.4) is 0 Å². The predicted molar refractivity (Wildman–Crippen MR) is 42.7 cm³/mol. The number of nitrogens with two attached hydrogens (primary N) is 2. The lowest BCUT2D eigenvalue weighted by Crippen LogP contribution is -2.34. The van der Waals surface area contributed by atoms with E-state index >= 15 is 0 Å². The van der Waals surface area contributed by atoms with E-state index in [2.05, 4.69) is 5.10 Å². The highest BCUT2D eigenvalue weighted by atomic mass is 19.3. The van der Waals surface area contributed by atoms with E-state index < -0.39 is 5.92 Å². The molecule has 5 heteroatoms. The maximum Gasteiger partial charge on any atom is 0.248 e. The first-order valence-corrected chi connectivity index (χ1v) is 3.96. The molecule has 0 bridgehead atoms. The van der Waals surface area contributed by atoms with Gasteiger partial charge >= 0.3 is 0 Å². The van der Waals surface area contributed by atoms with Crippen molar-refractivity contribution < 1.29 is 8.78 Å². The van der Waals surface area contributed by atoms with E-state index in [1.54, 1.807) is 0 Å². The molecule has 0 amide bonds. The Morgan fingerprint density at radius 2 is 2.17 bits per heavy atom. The van der Waals surface area contributed by atoms with Crippen LogP contribution >= 0.6 is 0 Å². The van der Waals surface area contributed by atoms with Gasteiger partial charge in [0.15, 0.2) is 0 Å². The van der Waals surface area contributed by atoms with Gasteiger partial charge in [0.05, 0.1) is 0 Å². The lowest BCUT2D eigenvalue weighted by molar-refractivity contribution is -0.0428. The summed E-state index contributed by atoms with van der Waals surface area (Å²) in [7, 11) is 0. The Balaban J connectivity index is 2.58. The van der Waals surface area contributed by atoms with Crippen molar-refractivity contribution in [3.63, 3.8) is 0 Å². The van der Waals surface area contributed by atoms with Gasteiger partial charge in [-0.15, -0.1) is 0 Å². The average Bonchev–Trinajstić information content (AvgIpc) is 2.01. The van der Waals surface area contributed by atoms with Crippen LogP contribution in [0.1, 0.15) is 25.7 Å². The molecule has 0 aromatic heterocycles. The maximum atomic E-state index is 12.8. The topological polar surface area (TPSA) is 64.4 Å². The number of nitrogens with zero attached hydrogens (tertiary/aromatic N) is 1. The second-order valence-electron chi connectivity index (χ2n) is 3.20. The summed E-state index contributed by atoms with van der Waals surface area (Å²) in [5.41, 5.74) is 5.36. The number of hydrazone groups is 1. The number of rotatable bonds is 1. The summed E-state index contributed by atoms with van der Waals surface area (Å²) in [6, 6.07) is 0. The molecule has 1 aliphatic rings. The fraction of sp³-hybridized carbons (Fsp3) is 0.857. The van der Waals surface area contributed by atoms with Gasteiger partial charge < -0.3 is 11.6 Å². The highest BCUT2D eigenvalue weighted by Crippen LogP contribution is 2.36. The summed E-state index contributed by atoms with van der Waals surface area (Å²) in [5, 5.41) is 3.24. The number of hydrogen-bond donors (Lipinski definition) is 2. The van der Waals surface area contributed by atoms with Gasteiger partial charge in [0.25, 0.3) is 0 Å². The van der Waals surface area contributed by atoms with Crippen LogP contribution in [-0.2, 0) is 0 Å². The van der Waals surface area contributed by atoms with Crippen LogP contribution in [0.5, 0.6) is 0 Å². The van der Waals surface area contributed by atoms with Crippen molar-refractivity contribution in [3.05, 3.63) is 0 Å². The van der Waals surface area contributed by atoms with E-state index in [4.69, 9.17) is 11.6 Å². The molecule has 1 aliphatic carbocycles. The molecule has 0 saturated heterocycles. The van der Waals surface area contributed by atoms with Crippen molar-refractivity contribution in [1.29, 1.82) is 0 Å². The zero-order valence-electron chi connectivity index (χ0n) is 6.76. The molecule has 0 aromatic rings. The van der Waals surface area contributed by atoms with Crippen molar-refractivity contribution in [3.8, 4) is 0 Å². The smallest absolute Gasteiger partial charge is 0.248 e. The molecule has 1 saturated carbocycles. The van der Waals surface area contributed by atoms with Gasteiger partial charge in [-0.2, -0.15) is 5.10 Å². The summed E-state index contributed by atoms with van der Waals surface area (Å²) in [6.07, 6.45) is 0.914. The zero-order valence-corrected chi connectivity index (χ0v) is 6.76. The second kappa shape index (κ2) is 3.25. The Morgan fingerprint density at radius 1 is 1.50 bits per heavy atom. The predicted octanol–water partition coefficient (Wildman–Crippen LogP) is 1.04. The molecular formula is C7H13F2N3. The molecule has 12 heavy (non-hydrogen) atoms. The van der Waals surface area contributed by atoms with Crippen molar-refractivity contribution in [2.75, 3.05) is 0 Å².